The molecule has 2 rings (SSSR count). The lowest BCUT2D eigenvalue weighted by molar-refractivity contribution is -0.137. The van der Waals surface area contributed by atoms with Gasteiger partial charge in [-0.15, -0.1) is 0 Å². The van der Waals surface area contributed by atoms with E-state index in [4.69, 9.17) is 0 Å². The number of hydrogen-bond acceptors (Lipinski definition) is 2. The van der Waals surface area contributed by atoms with Crippen LogP contribution in [-0.2, 0) is 4.79 Å². The van der Waals surface area contributed by atoms with Crippen LogP contribution in [0.2, 0.25) is 0 Å². The number of carbonyl (C=O) groups excluding carboxylic acids is 1. The Hall–Kier alpha value is -0.570. The fourth-order valence-corrected chi connectivity index (χ4v) is 3.24. The molecule has 2 saturated heterocycles. The highest BCUT2D eigenvalue weighted by atomic mass is 16.2. The molecule has 0 saturated carbocycles. The summed E-state index contributed by atoms with van der Waals surface area (Å²) in [4.78, 5) is 14.5. The number of amides is 1. The first kappa shape index (κ1) is 12.9. The average Bonchev–Trinajstić information content (AvgIpc) is 2.87. The molecule has 0 spiro atoms. The Kier molecular flexibility index (Phi) is 4.43. The Morgan fingerprint density at radius 2 is 2.06 bits per heavy atom. The monoisotopic (exact) mass is 238 g/mol. The minimum atomic E-state index is 0.206. The molecule has 2 fully saturated rings. The number of piperidine rings is 1. The zero-order chi connectivity index (χ0) is 12.3. The first-order valence-corrected chi connectivity index (χ1v) is 7.25. The molecular weight excluding hydrogens is 212 g/mol. The lowest BCUT2D eigenvalue weighted by Gasteiger charge is -2.35. The van der Waals surface area contributed by atoms with E-state index in [-0.39, 0.29) is 5.92 Å². The summed E-state index contributed by atoms with van der Waals surface area (Å²) in [7, 11) is 0. The topological polar surface area (TPSA) is 32.3 Å². The molecule has 3 nitrogen and oxygen atoms in total. The molecule has 0 aliphatic carbocycles. The number of nitrogens with zero attached hydrogens (tertiary/aromatic N) is 1. The van der Waals surface area contributed by atoms with Gasteiger partial charge in [-0.2, -0.15) is 0 Å². The zero-order valence-electron chi connectivity index (χ0n) is 11.2. The lowest BCUT2D eigenvalue weighted by atomic mass is 9.88. The van der Waals surface area contributed by atoms with Crippen LogP contribution in [0.15, 0.2) is 0 Å². The number of nitrogens with one attached hydrogen (secondary N) is 1. The Balaban J connectivity index is 1.98. The Labute approximate surface area is 105 Å². The highest BCUT2D eigenvalue weighted by molar-refractivity contribution is 5.79. The van der Waals surface area contributed by atoms with Gasteiger partial charge in [0.1, 0.15) is 0 Å². The zero-order valence-corrected chi connectivity index (χ0v) is 11.2. The van der Waals surface area contributed by atoms with Crippen LogP contribution in [0, 0.1) is 11.8 Å². The van der Waals surface area contributed by atoms with Crippen molar-refractivity contribution < 1.29 is 4.79 Å². The van der Waals surface area contributed by atoms with Gasteiger partial charge in [0.25, 0.3) is 0 Å². The van der Waals surface area contributed by atoms with Gasteiger partial charge in [0.05, 0.1) is 0 Å². The van der Waals surface area contributed by atoms with Gasteiger partial charge >= 0.3 is 0 Å². The van der Waals surface area contributed by atoms with Crippen molar-refractivity contribution in [2.45, 2.75) is 52.0 Å². The van der Waals surface area contributed by atoms with Crippen LogP contribution in [0.5, 0.6) is 0 Å². The summed E-state index contributed by atoms with van der Waals surface area (Å²) in [5.74, 6) is 1.35. The van der Waals surface area contributed by atoms with E-state index < -0.39 is 0 Å². The highest BCUT2D eigenvalue weighted by Gasteiger charge is 2.36. The maximum atomic E-state index is 12.3. The van der Waals surface area contributed by atoms with Crippen molar-refractivity contribution in [3.8, 4) is 0 Å². The standard InChI is InChI=1S/C14H26N2O/c1-3-11(2)14(17)16-10-4-5-13(16)12-6-8-15-9-7-12/h11-13,15H,3-10H2,1-2H3. The van der Waals surface area contributed by atoms with Gasteiger partial charge in [0, 0.05) is 18.5 Å². The molecule has 2 aliphatic rings. The van der Waals surface area contributed by atoms with Gasteiger partial charge in [-0.25, -0.2) is 0 Å². The summed E-state index contributed by atoms with van der Waals surface area (Å²) in [5, 5.41) is 3.41. The summed E-state index contributed by atoms with van der Waals surface area (Å²) in [6.07, 6.45) is 5.89. The molecular formula is C14H26N2O. The van der Waals surface area contributed by atoms with Gasteiger partial charge in [-0.3, -0.25) is 4.79 Å². The normalized spacial score (nSPS) is 28.4. The fourth-order valence-electron chi connectivity index (χ4n) is 3.24. The van der Waals surface area contributed by atoms with Crippen LogP contribution in [-0.4, -0.2) is 36.5 Å². The first-order valence-electron chi connectivity index (χ1n) is 7.25. The lowest BCUT2D eigenvalue weighted by Crippen LogP contribution is -2.45. The number of rotatable bonds is 3. The van der Waals surface area contributed by atoms with Crippen molar-refractivity contribution in [3.05, 3.63) is 0 Å². The minimum Gasteiger partial charge on any atom is -0.339 e. The highest BCUT2D eigenvalue weighted by Crippen LogP contribution is 2.30. The van der Waals surface area contributed by atoms with Gasteiger partial charge in [-0.1, -0.05) is 13.8 Å². The molecule has 0 bridgehead atoms. The van der Waals surface area contributed by atoms with Crippen molar-refractivity contribution in [1.29, 1.82) is 0 Å². The van der Waals surface area contributed by atoms with E-state index in [1.54, 1.807) is 0 Å². The van der Waals surface area contributed by atoms with Crippen molar-refractivity contribution in [2.24, 2.45) is 11.8 Å². The smallest absolute Gasteiger partial charge is 0.225 e. The average molecular weight is 238 g/mol. The number of hydrogen-bond donors (Lipinski definition) is 1. The van der Waals surface area contributed by atoms with E-state index in [9.17, 15) is 4.79 Å². The number of carbonyl (C=O) groups is 1. The summed E-state index contributed by atoms with van der Waals surface area (Å²) >= 11 is 0. The molecule has 0 radical (unpaired) electrons. The fraction of sp³-hybridized carbons (Fsp3) is 0.929. The molecule has 1 amide bonds. The van der Waals surface area contributed by atoms with Crippen molar-refractivity contribution >= 4 is 5.91 Å². The second kappa shape index (κ2) is 5.85. The maximum absolute atomic E-state index is 12.3. The SMILES string of the molecule is CCC(C)C(=O)N1CCCC1C1CCNCC1. The summed E-state index contributed by atoms with van der Waals surface area (Å²) < 4.78 is 0. The molecule has 2 atom stereocenters. The van der Waals surface area contributed by atoms with Gasteiger partial charge in [0.15, 0.2) is 0 Å². The molecule has 2 heterocycles. The van der Waals surface area contributed by atoms with Crippen LogP contribution >= 0.6 is 0 Å². The molecule has 2 aliphatic heterocycles. The van der Waals surface area contributed by atoms with E-state index in [1.165, 1.54) is 25.7 Å². The van der Waals surface area contributed by atoms with Gasteiger partial charge in [-0.05, 0) is 51.1 Å². The Morgan fingerprint density at radius 1 is 1.35 bits per heavy atom. The second-order valence-corrected chi connectivity index (χ2v) is 5.64. The molecule has 1 N–H and O–H groups in total. The summed E-state index contributed by atoms with van der Waals surface area (Å²) in [5.41, 5.74) is 0. The Bertz CT molecular complexity index is 261. The van der Waals surface area contributed by atoms with E-state index in [1.807, 2.05) is 0 Å². The molecule has 98 valence electrons. The molecule has 0 aromatic heterocycles. The third-order valence-electron chi connectivity index (χ3n) is 4.54. The summed E-state index contributed by atoms with van der Waals surface area (Å²) in [6.45, 7) is 7.44. The third kappa shape index (κ3) is 2.82. The van der Waals surface area contributed by atoms with Crippen molar-refractivity contribution in [3.63, 3.8) is 0 Å². The van der Waals surface area contributed by atoms with Crippen molar-refractivity contribution in [2.75, 3.05) is 19.6 Å². The van der Waals surface area contributed by atoms with Crippen LogP contribution in [0.1, 0.15) is 46.0 Å². The maximum Gasteiger partial charge on any atom is 0.225 e. The third-order valence-corrected chi connectivity index (χ3v) is 4.54. The predicted molar refractivity (Wildman–Crippen MR) is 69.8 cm³/mol. The second-order valence-electron chi connectivity index (χ2n) is 5.64. The van der Waals surface area contributed by atoms with Crippen LogP contribution < -0.4 is 5.32 Å². The first-order chi connectivity index (χ1) is 8.24. The van der Waals surface area contributed by atoms with Crippen LogP contribution in [0.3, 0.4) is 0 Å². The summed E-state index contributed by atoms with van der Waals surface area (Å²) in [6, 6.07) is 0.540. The van der Waals surface area contributed by atoms with E-state index >= 15 is 0 Å². The molecule has 3 heteroatoms. The van der Waals surface area contributed by atoms with Gasteiger partial charge in [0.2, 0.25) is 5.91 Å². The quantitative estimate of drug-likeness (QED) is 0.816. The van der Waals surface area contributed by atoms with E-state index in [0.717, 1.165) is 32.0 Å². The van der Waals surface area contributed by atoms with Gasteiger partial charge < -0.3 is 10.2 Å². The molecule has 17 heavy (non-hydrogen) atoms. The van der Waals surface area contributed by atoms with Crippen LogP contribution in [0.4, 0.5) is 0 Å². The molecule has 2 unspecified atom stereocenters. The minimum absolute atomic E-state index is 0.206. The molecule has 0 aromatic carbocycles. The van der Waals surface area contributed by atoms with Crippen molar-refractivity contribution in [1.82, 2.24) is 10.2 Å². The predicted octanol–water partition coefficient (Wildman–Crippen LogP) is 2.02. The molecule has 0 aromatic rings. The Morgan fingerprint density at radius 3 is 2.71 bits per heavy atom. The van der Waals surface area contributed by atoms with E-state index in [0.29, 0.717) is 11.9 Å². The van der Waals surface area contributed by atoms with E-state index in [2.05, 4.69) is 24.1 Å². The number of likely N-dealkylation sites (tertiary alicyclic amines) is 1. The largest absolute Gasteiger partial charge is 0.339 e. The van der Waals surface area contributed by atoms with Crippen LogP contribution in [0.25, 0.3) is 0 Å².